The fraction of sp³-hybridized carbons (Fsp3) is 0.400. The number of allylic oxidation sites excluding steroid dienone is 1. The average Bonchev–Trinajstić information content (AvgIpc) is 2.38. The molecule has 0 aliphatic carbocycles. The Morgan fingerprint density at radius 1 is 1.32 bits per heavy atom. The summed E-state index contributed by atoms with van der Waals surface area (Å²) in [6.45, 7) is 6.16. The van der Waals surface area contributed by atoms with E-state index >= 15 is 0 Å². The Morgan fingerprint density at radius 2 is 1.89 bits per heavy atom. The fourth-order valence-corrected chi connectivity index (χ4v) is 1.70. The Balaban J connectivity index is 2.96. The molecule has 0 bridgehead atoms. The van der Waals surface area contributed by atoms with Gasteiger partial charge in [-0.2, -0.15) is 4.39 Å². The molecule has 0 radical (unpaired) electrons. The minimum Gasteiger partial charge on any atom is -0.494 e. The van der Waals surface area contributed by atoms with Crippen molar-refractivity contribution in [3.05, 3.63) is 41.7 Å². The van der Waals surface area contributed by atoms with Gasteiger partial charge in [-0.05, 0) is 30.7 Å². The second kappa shape index (κ2) is 6.36. The SMILES string of the molecule is CCOc1ccc(C(C)(C)/C=C(\F)C(=O)OC)cc1. The summed E-state index contributed by atoms with van der Waals surface area (Å²) in [7, 11) is 1.15. The van der Waals surface area contributed by atoms with Gasteiger partial charge in [-0.15, -0.1) is 0 Å². The fourth-order valence-electron chi connectivity index (χ4n) is 1.70. The van der Waals surface area contributed by atoms with Gasteiger partial charge in [-0.3, -0.25) is 0 Å². The second-order valence-corrected chi connectivity index (χ2v) is 4.66. The first-order valence-electron chi connectivity index (χ1n) is 6.10. The molecule has 0 aromatic heterocycles. The maximum Gasteiger partial charge on any atom is 0.366 e. The maximum atomic E-state index is 13.5. The number of carbonyl (C=O) groups excluding carboxylic acids is 1. The number of rotatable bonds is 5. The molecule has 104 valence electrons. The molecular formula is C15H19FO3. The van der Waals surface area contributed by atoms with E-state index in [9.17, 15) is 9.18 Å². The van der Waals surface area contributed by atoms with Gasteiger partial charge in [0.1, 0.15) is 5.75 Å². The monoisotopic (exact) mass is 266 g/mol. The predicted octanol–water partition coefficient (Wildman–Crippen LogP) is 3.39. The van der Waals surface area contributed by atoms with E-state index in [1.165, 1.54) is 6.08 Å². The molecule has 0 aliphatic rings. The van der Waals surface area contributed by atoms with Gasteiger partial charge in [-0.25, -0.2) is 4.79 Å². The minimum absolute atomic E-state index is 0.597. The highest BCUT2D eigenvalue weighted by Gasteiger charge is 2.21. The lowest BCUT2D eigenvalue weighted by molar-refractivity contribution is -0.137. The van der Waals surface area contributed by atoms with Crippen molar-refractivity contribution < 1.29 is 18.7 Å². The molecule has 1 rings (SSSR count). The largest absolute Gasteiger partial charge is 0.494 e. The summed E-state index contributed by atoms with van der Waals surface area (Å²) in [5.74, 6) is -1.08. The van der Waals surface area contributed by atoms with E-state index < -0.39 is 17.2 Å². The van der Waals surface area contributed by atoms with E-state index in [0.29, 0.717) is 6.61 Å². The lowest BCUT2D eigenvalue weighted by Crippen LogP contribution is -2.16. The first-order chi connectivity index (χ1) is 8.90. The summed E-state index contributed by atoms with van der Waals surface area (Å²) in [5.41, 5.74) is 0.276. The van der Waals surface area contributed by atoms with Crippen molar-refractivity contribution in [1.29, 1.82) is 0 Å². The van der Waals surface area contributed by atoms with Crippen molar-refractivity contribution in [2.45, 2.75) is 26.2 Å². The standard InChI is InChI=1S/C15H19FO3/c1-5-19-12-8-6-11(7-9-12)15(2,3)10-13(16)14(17)18-4/h6-10H,5H2,1-4H3/b13-10-. The van der Waals surface area contributed by atoms with Gasteiger partial charge in [0, 0.05) is 5.41 Å². The van der Waals surface area contributed by atoms with Crippen LogP contribution in [0.1, 0.15) is 26.3 Å². The molecular weight excluding hydrogens is 247 g/mol. The predicted molar refractivity (Wildman–Crippen MR) is 71.8 cm³/mol. The Morgan fingerprint density at radius 3 is 2.37 bits per heavy atom. The van der Waals surface area contributed by atoms with Gasteiger partial charge in [-0.1, -0.05) is 26.0 Å². The van der Waals surface area contributed by atoms with Crippen LogP contribution in [0.15, 0.2) is 36.2 Å². The molecule has 0 saturated carbocycles. The highest BCUT2D eigenvalue weighted by atomic mass is 19.1. The van der Waals surface area contributed by atoms with E-state index in [-0.39, 0.29) is 0 Å². The summed E-state index contributed by atoms with van der Waals surface area (Å²) >= 11 is 0. The van der Waals surface area contributed by atoms with Gasteiger partial charge >= 0.3 is 5.97 Å². The molecule has 0 spiro atoms. The van der Waals surface area contributed by atoms with Crippen LogP contribution < -0.4 is 4.74 Å². The molecule has 4 heteroatoms. The average molecular weight is 266 g/mol. The van der Waals surface area contributed by atoms with E-state index in [0.717, 1.165) is 18.4 Å². The van der Waals surface area contributed by atoms with Crippen molar-refractivity contribution in [3.8, 4) is 5.75 Å². The Labute approximate surface area is 113 Å². The number of benzene rings is 1. The van der Waals surface area contributed by atoms with E-state index in [4.69, 9.17) is 4.74 Å². The highest BCUT2D eigenvalue weighted by molar-refractivity contribution is 5.86. The van der Waals surface area contributed by atoms with Crippen molar-refractivity contribution in [2.24, 2.45) is 0 Å². The molecule has 0 unspecified atom stereocenters. The van der Waals surface area contributed by atoms with E-state index in [2.05, 4.69) is 4.74 Å². The first kappa shape index (κ1) is 15.2. The number of ether oxygens (including phenoxy) is 2. The van der Waals surface area contributed by atoms with Crippen molar-refractivity contribution in [1.82, 2.24) is 0 Å². The summed E-state index contributed by atoms with van der Waals surface area (Å²) in [6.07, 6.45) is 1.26. The molecule has 0 aliphatic heterocycles. The van der Waals surface area contributed by atoms with E-state index in [1.807, 2.05) is 45.0 Å². The molecule has 0 heterocycles. The zero-order valence-corrected chi connectivity index (χ0v) is 11.7. The lowest BCUT2D eigenvalue weighted by atomic mass is 9.84. The van der Waals surface area contributed by atoms with Gasteiger partial charge in [0.2, 0.25) is 5.83 Å². The molecule has 0 saturated heterocycles. The van der Waals surface area contributed by atoms with Crippen molar-refractivity contribution >= 4 is 5.97 Å². The number of carbonyl (C=O) groups is 1. The zero-order valence-electron chi connectivity index (χ0n) is 11.7. The quantitative estimate of drug-likeness (QED) is 0.605. The third kappa shape index (κ3) is 4.09. The molecule has 0 fully saturated rings. The lowest BCUT2D eigenvalue weighted by Gasteiger charge is -2.21. The summed E-state index contributed by atoms with van der Waals surface area (Å²) in [6, 6.07) is 7.35. The van der Waals surface area contributed by atoms with Crippen LogP contribution in [0.4, 0.5) is 4.39 Å². The highest BCUT2D eigenvalue weighted by Crippen LogP contribution is 2.28. The van der Waals surface area contributed by atoms with Gasteiger partial charge < -0.3 is 9.47 Å². The number of hydrogen-bond acceptors (Lipinski definition) is 3. The minimum atomic E-state index is -0.959. The molecule has 0 amide bonds. The maximum absolute atomic E-state index is 13.5. The Bertz CT molecular complexity index is 461. The molecule has 0 atom stereocenters. The van der Waals surface area contributed by atoms with Crippen LogP contribution in [-0.2, 0) is 14.9 Å². The number of hydrogen-bond donors (Lipinski definition) is 0. The first-order valence-corrected chi connectivity index (χ1v) is 6.10. The molecule has 1 aromatic carbocycles. The normalized spacial score (nSPS) is 12.2. The van der Waals surface area contributed by atoms with Gasteiger partial charge in [0.25, 0.3) is 0 Å². The molecule has 19 heavy (non-hydrogen) atoms. The van der Waals surface area contributed by atoms with Crippen molar-refractivity contribution in [3.63, 3.8) is 0 Å². The number of halogens is 1. The Kier molecular flexibility index (Phi) is 5.10. The smallest absolute Gasteiger partial charge is 0.366 e. The number of methoxy groups -OCH3 is 1. The summed E-state index contributed by atoms with van der Waals surface area (Å²) < 4.78 is 23.2. The molecule has 3 nitrogen and oxygen atoms in total. The molecule has 1 aromatic rings. The summed E-state index contributed by atoms with van der Waals surface area (Å²) in [5, 5.41) is 0. The summed E-state index contributed by atoms with van der Waals surface area (Å²) in [4.78, 5) is 11.1. The van der Waals surface area contributed by atoms with Crippen LogP contribution in [0.25, 0.3) is 0 Å². The van der Waals surface area contributed by atoms with Crippen LogP contribution in [0.2, 0.25) is 0 Å². The van der Waals surface area contributed by atoms with Crippen LogP contribution in [0.3, 0.4) is 0 Å². The van der Waals surface area contributed by atoms with Crippen LogP contribution in [0, 0.1) is 0 Å². The second-order valence-electron chi connectivity index (χ2n) is 4.66. The molecule has 0 N–H and O–H groups in total. The third-order valence-corrected chi connectivity index (χ3v) is 2.78. The zero-order chi connectivity index (χ0) is 14.5. The van der Waals surface area contributed by atoms with Crippen LogP contribution in [-0.4, -0.2) is 19.7 Å². The van der Waals surface area contributed by atoms with Gasteiger partial charge in [0.05, 0.1) is 13.7 Å². The van der Waals surface area contributed by atoms with Crippen LogP contribution in [0.5, 0.6) is 5.75 Å². The Hall–Kier alpha value is -1.84. The number of esters is 1. The van der Waals surface area contributed by atoms with Gasteiger partial charge in [0.15, 0.2) is 0 Å². The van der Waals surface area contributed by atoms with Crippen molar-refractivity contribution in [2.75, 3.05) is 13.7 Å². The van der Waals surface area contributed by atoms with E-state index in [1.54, 1.807) is 0 Å². The van der Waals surface area contributed by atoms with Crippen LogP contribution >= 0.6 is 0 Å². The third-order valence-electron chi connectivity index (χ3n) is 2.78. The topological polar surface area (TPSA) is 35.5 Å².